The molecule has 2 heteroatoms. The molecule has 18 heavy (non-hydrogen) atoms. The van der Waals surface area contributed by atoms with Crippen molar-refractivity contribution >= 4 is 11.4 Å². The first-order chi connectivity index (χ1) is 8.49. The zero-order valence-corrected chi connectivity index (χ0v) is 12.5. The van der Waals surface area contributed by atoms with E-state index in [1.54, 1.807) is 0 Å². The molecule has 1 aromatic rings. The van der Waals surface area contributed by atoms with Crippen LogP contribution in [0.5, 0.6) is 0 Å². The van der Waals surface area contributed by atoms with Crippen molar-refractivity contribution in [2.45, 2.75) is 53.5 Å². The van der Waals surface area contributed by atoms with E-state index in [1.807, 2.05) is 6.07 Å². The summed E-state index contributed by atoms with van der Waals surface area (Å²) >= 11 is 0. The van der Waals surface area contributed by atoms with Gasteiger partial charge in [-0.1, -0.05) is 33.8 Å². The Bertz CT molecular complexity index is 367. The molecule has 0 saturated carbocycles. The molecule has 0 saturated heterocycles. The molecule has 2 N–H and O–H groups in total. The lowest BCUT2D eigenvalue weighted by molar-refractivity contribution is 0.508. The first-order valence-electron chi connectivity index (χ1n) is 7.12. The number of nitrogens with two attached hydrogens (primary N) is 1. The molecule has 0 aliphatic heterocycles. The van der Waals surface area contributed by atoms with Gasteiger partial charge in [0, 0.05) is 12.6 Å². The van der Waals surface area contributed by atoms with Crippen molar-refractivity contribution in [3.63, 3.8) is 0 Å². The van der Waals surface area contributed by atoms with Gasteiger partial charge in [0.2, 0.25) is 0 Å². The van der Waals surface area contributed by atoms with E-state index in [2.05, 4.69) is 51.7 Å². The molecule has 0 radical (unpaired) electrons. The van der Waals surface area contributed by atoms with Gasteiger partial charge in [0.05, 0.1) is 11.4 Å². The molecule has 0 aromatic heterocycles. The Morgan fingerprint density at radius 3 is 2.28 bits per heavy atom. The maximum atomic E-state index is 6.17. The van der Waals surface area contributed by atoms with Gasteiger partial charge in [0.25, 0.3) is 0 Å². The summed E-state index contributed by atoms with van der Waals surface area (Å²) in [6, 6.07) is 6.91. The lowest BCUT2D eigenvalue weighted by Gasteiger charge is -2.35. The lowest BCUT2D eigenvalue weighted by Crippen LogP contribution is -2.37. The minimum Gasteiger partial charge on any atom is -0.397 e. The van der Waals surface area contributed by atoms with E-state index in [0.29, 0.717) is 12.0 Å². The van der Waals surface area contributed by atoms with Gasteiger partial charge in [-0.3, -0.25) is 0 Å². The number of rotatable bonds is 6. The molecule has 0 bridgehead atoms. The lowest BCUT2D eigenvalue weighted by atomic mass is 10.0. The van der Waals surface area contributed by atoms with Gasteiger partial charge < -0.3 is 10.6 Å². The predicted molar refractivity (Wildman–Crippen MR) is 82.1 cm³/mol. The maximum Gasteiger partial charge on any atom is 0.0605 e. The van der Waals surface area contributed by atoms with E-state index in [1.165, 1.54) is 11.3 Å². The molecule has 0 aliphatic carbocycles. The predicted octanol–water partition coefficient (Wildman–Crippen LogP) is 4.23. The summed E-state index contributed by atoms with van der Waals surface area (Å²) in [6.07, 6.45) is 2.33. The van der Waals surface area contributed by atoms with Crippen molar-refractivity contribution in [3.8, 4) is 0 Å². The smallest absolute Gasteiger partial charge is 0.0605 e. The van der Waals surface area contributed by atoms with Crippen molar-refractivity contribution in [1.29, 1.82) is 0 Å². The zero-order valence-electron chi connectivity index (χ0n) is 12.5. The van der Waals surface area contributed by atoms with Crippen molar-refractivity contribution in [2.24, 2.45) is 5.92 Å². The summed E-state index contributed by atoms with van der Waals surface area (Å²) in [7, 11) is 0. The summed E-state index contributed by atoms with van der Waals surface area (Å²) < 4.78 is 0. The first-order valence-corrected chi connectivity index (χ1v) is 7.12. The zero-order chi connectivity index (χ0) is 13.7. The summed E-state index contributed by atoms with van der Waals surface area (Å²) in [5, 5.41) is 0. The molecule has 0 spiro atoms. The van der Waals surface area contributed by atoms with Crippen molar-refractivity contribution in [2.75, 3.05) is 17.2 Å². The Morgan fingerprint density at radius 1 is 1.17 bits per heavy atom. The fourth-order valence-corrected chi connectivity index (χ4v) is 2.47. The van der Waals surface area contributed by atoms with Gasteiger partial charge in [0.15, 0.2) is 0 Å². The second kappa shape index (κ2) is 6.67. The van der Waals surface area contributed by atoms with Crippen LogP contribution in [-0.2, 0) is 0 Å². The van der Waals surface area contributed by atoms with Gasteiger partial charge in [0.1, 0.15) is 0 Å². The van der Waals surface area contributed by atoms with Crippen molar-refractivity contribution < 1.29 is 0 Å². The average Bonchev–Trinajstić information content (AvgIpc) is 2.32. The van der Waals surface area contributed by atoms with Gasteiger partial charge in [-0.25, -0.2) is 0 Å². The molecule has 0 amide bonds. The number of benzene rings is 1. The van der Waals surface area contributed by atoms with E-state index in [9.17, 15) is 0 Å². The van der Waals surface area contributed by atoms with Crippen molar-refractivity contribution in [3.05, 3.63) is 23.8 Å². The van der Waals surface area contributed by atoms with E-state index in [0.717, 1.165) is 25.1 Å². The third-order valence-electron chi connectivity index (χ3n) is 3.44. The third kappa shape index (κ3) is 3.66. The van der Waals surface area contributed by atoms with Crippen LogP contribution in [0.2, 0.25) is 0 Å². The number of hydrogen-bond donors (Lipinski definition) is 1. The maximum absolute atomic E-state index is 6.17. The van der Waals surface area contributed by atoms with Crippen LogP contribution in [0.1, 0.15) is 46.1 Å². The van der Waals surface area contributed by atoms with Crippen LogP contribution in [0.25, 0.3) is 0 Å². The molecule has 102 valence electrons. The normalized spacial score (nSPS) is 11.3. The van der Waals surface area contributed by atoms with E-state index >= 15 is 0 Å². The van der Waals surface area contributed by atoms with Crippen LogP contribution in [0.3, 0.4) is 0 Å². The molecular weight excluding hydrogens is 220 g/mol. The number of nitrogen functional groups attached to an aromatic ring is 1. The third-order valence-corrected chi connectivity index (χ3v) is 3.44. The summed E-state index contributed by atoms with van der Waals surface area (Å²) in [5.74, 6) is 0.644. The van der Waals surface area contributed by atoms with E-state index in [4.69, 9.17) is 5.73 Å². The molecule has 0 fully saturated rings. The van der Waals surface area contributed by atoms with Crippen LogP contribution < -0.4 is 10.6 Å². The average molecular weight is 248 g/mol. The molecule has 0 heterocycles. The minimum atomic E-state index is 0.580. The Labute approximate surface area is 112 Å². The summed E-state index contributed by atoms with van der Waals surface area (Å²) in [6.45, 7) is 12.2. The van der Waals surface area contributed by atoms with Gasteiger partial charge >= 0.3 is 0 Å². The highest BCUT2D eigenvalue weighted by molar-refractivity contribution is 5.69. The standard InChI is InChI=1S/C16H28N2/c1-6-14(7-2)18(11-12(3)4)16-10-13(5)8-9-15(16)17/h8-10,12,14H,6-7,11,17H2,1-5H3. The van der Waals surface area contributed by atoms with Crippen LogP contribution in [-0.4, -0.2) is 12.6 Å². The van der Waals surface area contributed by atoms with E-state index < -0.39 is 0 Å². The number of nitrogens with zero attached hydrogens (tertiary/aromatic N) is 1. The molecule has 0 unspecified atom stereocenters. The Hall–Kier alpha value is -1.18. The van der Waals surface area contributed by atoms with Crippen LogP contribution >= 0.6 is 0 Å². The highest BCUT2D eigenvalue weighted by Crippen LogP contribution is 2.29. The second-order valence-electron chi connectivity index (χ2n) is 5.58. The molecule has 2 nitrogen and oxygen atoms in total. The Morgan fingerprint density at radius 2 is 1.78 bits per heavy atom. The number of aryl methyl sites for hydroxylation is 1. The number of anilines is 2. The summed E-state index contributed by atoms with van der Waals surface area (Å²) in [5.41, 5.74) is 9.55. The van der Waals surface area contributed by atoms with Crippen LogP contribution in [0.4, 0.5) is 11.4 Å². The quantitative estimate of drug-likeness (QED) is 0.763. The SMILES string of the molecule is CCC(CC)N(CC(C)C)c1cc(C)ccc1N. The summed E-state index contributed by atoms with van der Waals surface area (Å²) in [4.78, 5) is 2.49. The van der Waals surface area contributed by atoms with Gasteiger partial charge in [-0.15, -0.1) is 0 Å². The highest BCUT2D eigenvalue weighted by atomic mass is 15.2. The van der Waals surface area contributed by atoms with Gasteiger partial charge in [-0.2, -0.15) is 0 Å². The Balaban J connectivity index is 3.11. The largest absolute Gasteiger partial charge is 0.397 e. The number of hydrogen-bond acceptors (Lipinski definition) is 2. The van der Waals surface area contributed by atoms with Crippen LogP contribution in [0.15, 0.2) is 18.2 Å². The highest BCUT2D eigenvalue weighted by Gasteiger charge is 2.18. The fraction of sp³-hybridized carbons (Fsp3) is 0.625. The molecular formula is C16H28N2. The second-order valence-corrected chi connectivity index (χ2v) is 5.58. The first kappa shape index (κ1) is 14.9. The fourth-order valence-electron chi connectivity index (χ4n) is 2.47. The minimum absolute atomic E-state index is 0.580. The van der Waals surface area contributed by atoms with Gasteiger partial charge in [-0.05, 0) is 43.4 Å². The topological polar surface area (TPSA) is 29.3 Å². The Kier molecular flexibility index (Phi) is 5.52. The van der Waals surface area contributed by atoms with Crippen LogP contribution in [0, 0.1) is 12.8 Å². The van der Waals surface area contributed by atoms with E-state index in [-0.39, 0.29) is 0 Å². The molecule has 0 aliphatic rings. The molecule has 0 atom stereocenters. The van der Waals surface area contributed by atoms with Crippen molar-refractivity contribution in [1.82, 2.24) is 0 Å². The molecule has 1 aromatic carbocycles. The molecule has 1 rings (SSSR count). The monoisotopic (exact) mass is 248 g/mol.